The lowest BCUT2D eigenvalue weighted by Crippen LogP contribution is -2.45. The highest BCUT2D eigenvalue weighted by Gasteiger charge is 2.30. The van der Waals surface area contributed by atoms with E-state index in [-0.39, 0.29) is 25.0 Å². The highest BCUT2D eigenvalue weighted by molar-refractivity contribution is 7.11. The zero-order valence-electron chi connectivity index (χ0n) is 14.9. The first kappa shape index (κ1) is 17.0. The SMILES string of the molecule is Cc1nc(-c2ccc3c(c2)N(CC(=O)N2CCCC2)C(=O)CO3)c(C)s1. The van der Waals surface area contributed by atoms with Crippen molar-refractivity contribution in [2.45, 2.75) is 26.7 Å². The normalized spacial score (nSPS) is 16.6. The van der Waals surface area contributed by atoms with Crippen LogP contribution in [-0.2, 0) is 9.59 Å². The summed E-state index contributed by atoms with van der Waals surface area (Å²) < 4.78 is 5.57. The zero-order valence-corrected chi connectivity index (χ0v) is 15.8. The summed E-state index contributed by atoms with van der Waals surface area (Å²) in [6.07, 6.45) is 2.07. The van der Waals surface area contributed by atoms with Crippen molar-refractivity contribution in [3.8, 4) is 17.0 Å². The molecule has 6 nitrogen and oxygen atoms in total. The van der Waals surface area contributed by atoms with Gasteiger partial charge < -0.3 is 9.64 Å². The topological polar surface area (TPSA) is 62.7 Å². The van der Waals surface area contributed by atoms with Crippen LogP contribution in [0.4, 0.5) is 5.69 Å². The predicted octanol–water partition coefficient (Wildman–Crippen LogP) is 2.77. The lowest BCUT2D eigenvalue weighted by molar-refractivity contribution is -0.131. The molecule has 0 aliphatic carbocycles. The summed E-state index contributed by atoms with van der Waals surface area (Å²) in [6, 6.07) is 5.72. The van der Waals surface area contributed by atoms with Crippen LogP contribution in [0.2, 0.25) is 0 Å². The van der Waals surface area contributed by atoms with Crippen LogP contribution in [0.25, 0.3) is 11.3 Å². The standard InChI is InChI=1S/C19H21N3O3S/c1-12-19(20-13(2)26-12)14-5-6-16-15(9-14)22(18(24)11-25-16)10-17(23)21-7-3-4-8-21/h5-6,9H,3-4,7-8,10-11H2,1-2H3. The molecule has 2 aromatic rings. The third-order valence-corrected chi connectivity index (χ3v) is 5.72. The minimum atomic E-state index is -0.187. The van der Waals surface area contributed by atoms with Crippen molar-refractivity contribution >= 4 is 28.8 Å². The molecule has 1 aromatic heterocycles. The third kappa shape index (κ3) is 3.07. The largest absolute Gasteiger partial charge is 0.482 e. The molecule has 0 spiro atoms. The average Bonchev–Trinajstić information content (AvgIpc) is 3.26. The number of benzene rings is 1. The number of hydrogen-bond donors (Lipinski definition) is 0. The number of carbonyl (C=O) groups is 2. The second kappa shape index (κ2) is 6.72. The summed E-state index contributed by atoms with van der Waals surface area (Å²) in [5.41, 5.74) is 2.50. The number of rotatable bonds is 3. The number of fused-ring (bicyclic) bond motifs is 1. The van der Waals surface area contributed by atoms with Crippen LogP contribution in [0, 0.1) is 13.8 Å². The fraction of sp³-hybridized carbons (Fsp3) is 0.421. The molecule has 0 atom stereocenters. The molecule has 1 aromatic carbocycles. The van der Waals surface area contributed by atoms with Gasteiger partial charge in [-0.1, -0.05) is 0 Å². The van der Waals surface area contributed by atoms with Crippen LogP contribution in [0.15, 0.2) is 18.2 Å². The molecule has 0 radical (unpaired) electrons. The fourth-order valence-electron chi connectivity index (χ4n) is 3.52. The van der Waals surface area contributed by atoms with Crippen LogP contribution < -0.4 is 9.64 Å². The van der Waals surface area contributed by atoms with Crippen molar-refractivity contribution in [1.82, 2.24) is 9.88 Å². The maximum absolute atomic E-state index is 12.6. The van der Waals surface area contributed by atoms with E-state index >= 15 is 0 Å². The molecule has 26 heavy (non-hydrogen) atoms. The molecule has 1 fully saturated rings. The summed E-state index contributed by atoms with van der Waals surface area (Å²) >= 11 is 1.65. The molecule has 0 bridgehead atoms. The molecule has 4 rings (SSSR count). The smallest absolute Gasteiger partial charge is 0.265 e. The number of aryl methyl sites for hydroxylation is 2. The van der Waals surface area contributed by atoms with Crippen molar-refractivity contribution in [2.24, 2.45) is 0 Å². The summed E-state index contributed by atoms with van der Waals surface area (Å²) in [6.45, 7) is 5.61. The van der Waals surface area contributed by atoms with Crippen LogP contribution in [0.3, 0.4) is 0 Å². The minimum Gasteiger partial charge on any atom is -0.482 e. The first-order valence-corrected chi connectivity index (χ1v) is 9.64. The molecule has 2 aliphatic rings. The second-order valence-corrected chi connectivity index (χ2v) is 8.08. The molecule has 2 amide bonds. The summed E-state index contributed by atoms with van der Waals surface area (Å²) in [7, 11) is 0. The quantitative estimate of drug-likeness (QED) is 0.832. The van der Waals surface area contributed by atoms with Gasteiger partial charge in [-0.15, -0.1) is 11.3 Å². The molecule has 0 N–H and O–H groups in total. The zero-order chi connectivity index (χ0) is 18.3. The van der Waals surface area contributed by atoms with Crippen LogP contribution >= 0.6 is 11.3 Å². The first-order chi connectivity index (χ1) is 12.5. The maximum atomic E-state index is 12.6. The van der Waals surface area contributed by atoms with E-state index in [4.69, 9.17) is 4.74 Å². The average molecular weight is 371 g/mol. The predicted molar refractivity (Wildman–Crippen MR) is 101 cm³/mol. The van der Waals surface area contributed by atoms with Gasteiger partial charge in [0.25, 0.3) is 5.91 Å². The van der Waals surface area contributed by atoms with Gasteiger partial charge in [0, 0.05) is 23.5 Å². The number of hydrogen-bond acceptors (Lipinski definition) is 5. The Bertz CT molecular complexity index is 871. The van der Waals surface area contributed by atoms with Crippen molar-refractivity contribution in [3.63, 3.8) is 0 Å². The Kier molecular flexibility index (Phi) is 4.40. The van der Waals surface area contributed by atoms with Gasteiger partial charge >= 0.3 is 0 Å². The fourth-order valence-corrected chi connectivity index (χ4v) is 4.36. The molecule has 7 heteroatoms. The van der Waals surface area contributed by atoms with E-state index in [1.54, 1.807) is 16.2 Å². The van der Waals surface area contributed by atoms with Crippen LogP contribution in [-0.4, -0.2) is 47.9 Å². The number of thiazole rings is 1. The Morgan fingerprint density at radius 3 is 2.73 bits per heavy atom. The Morgan fingerprint density at radius 2 is 2.04 bits per heavy atom. The van der Waals surface area contributed by atoms with E-state index in [1.807, 2.05) is 36.9 Å². The number of nitrogens with zero attached hydrogens (tertiary/aromatic N) is 3. The van der Waals surface area contributed by atoms with Gasteiger partial charge in [0.2, 0.25) is 5.91 Å². The van der Waals surface area contributed by atoms with E-state index in [1.165, 1.54) is 0 Å². The second-order valence-electron chi connectivity index (χ2n) is 6.68. The molecule has 3 heterocycles. The number of anilines is 1. The van der Waals surface area contributed by atoms with Crippen molar-refractivity contribution in [1.29, 1.82) is 0 Å². The molecular weight excluding hydrogens is 350 g/mol. The van der Waals surface area contributed by atoms with Gasteiger partial charge in [0.15, 0.2) is 6.61 Å². The van der Waals surface area contributed by atoms with Gasteiger partial charge in [-0.3, -0.25) is 14.5 Å². The Morgan fingerprint density at radius 1 is 1.27 bits per heavy atom. The van der Waals surface area contributed by atoms with Crippen molar-refractivity contribution < 1.29 is 14.3 Å². The van der Waals surface area contributed by atoms with Crippen LogP contribution in [0.1, 0.15) is 22.7 Å². The van der Waals surface area contributed by atoms with Gasteiger partial charge in [-0.25, -0.2) is 4.98 Å². The van der Waals surface area contributed by atoms with Crippen molar-refractivity contribution in [2.75, 3.05) is 31.1 Å². The minimum absolute atomic E-state index is 0.00483. The Hall–Kier alpha value is -2.41. The third-order valence-electron chi connectivity index (χ3n) is 4.83. The molecule has 1 saturated heterocycles. The number of amides is 2. The van der Waals surface area contributed by atoms with Crippen LogP contribution in [0.5, 0.6) is 5.75 Å². The summed E-state index contributed by atoms with van der Waals surface area (Å²) in [5, 5.41) is 1.00. The number of ether oxygens (including phenoxy) is 1. The molecule has 136 valence electrons. The first-order valence-electron chi connectivity index (χ1n) is 8.82. The lowest BCUT2D eigenvalue weighted by Gasteiger charge is -2.30. The molecule has 0 unspecified atom stereocenters. The number of aromatic nitrogens is 1. The Labute approximate surface area is 156 Å². The monoisotopic (exact) mass is 371 g/mol. The molecule has 0 saturated carbocycles. The lowest BCUT2D eigenvalue weighted by atomic mass is 10.1. The van der Waals surface area contributed by atoms with E-state index in [2.05, 4.69) is 4.98 Å². The van der Waals surface area contributed by atoms with E-state index in [9.17, 15) is 9.59 Å². The van der Waals surface area contributed by atoms with Gasteiger partial charge in [0.1, 0.15) is 12.3 Å². The Balaban J connectivity index is 1.67. The van der Waals surface area contributed by atoms with Crippen molar-refractivity contribution in [3.05, 3.63) is 28.1 Å². The molecular formula is C19H21N3O3S. The summed E-state index contributed by atoms with van der Waals surface area (Å²) in [5.74, 6) is 0.440. The van der Waals surface area contributed by atoms with Gasteiger partial charge in [-0.2, -0.15) is 0 Å². The number of carbonyl (C=O) groups excluding carboxylic acids is 2. The number of likely N-dealkylation sites (tertiary alicyclic amines) is 1. The van der Waals surface area contributed by atoms with E-state index < -0.39 is 0 Å². The van der Waals surface area contributed by atoms with Gasteiger partial charge in [0.05, 0.1) is 16.4 Å². The van der Waals surface area contributed by atoms with E-state index in [0.717, 1.165) is 47.1 Å². The van der Waals surface area contributed by atoms with Gasteiger partial charge in [-0.05, 0) is 44.9 Å². The highest BCUT2D eigenvalue weighted by Crippen LogP contribution is 2.37. The maximum Gasteiger partial charge on any atom is 0.265 e. The highest BCUT2D eigenvalue weighted by atomic mass is 32.1. The summed E-state index contributed by atoms with van der Waals surface area (Å²) in [4.78, 5) is 34.1. The van der Waals surface area contributed by atoms with E-state index in [0.29, 0.717) is 11.4 Å². The molecule has 2 aliphatic heterocycles.